The standard InChI is InChI=1S/C72H116ClF3N12O12/c1-45(2)37-55-63(93)78-53(39-47-25-16-17-26-47)65(95)82(7)43-60(91)80(5)44-61(92)84(9)56(40-48-23-14-12-15-24-48)67(97)81(6)42-58(89)77-52(31-29-49-28-30-50(51(73)38-49)72(74,75)76)66(96)88-36-22-27-54(88)64(94)79-71(32-18-19-33-71)70(100)86(11)62(46(3)4)69(99)85(10)57(41-59(90)83(55)8)68(98)87-34-20-13-21-35-87/h45-57,62H,12-44H2,1-11H3,(H,77,89)(H,78,93)(H,79,94)/t49?,50?,51?,52-,53-,54-,55-,56-,57-,62-/m0/s1. The van der Waals surface area contributed by atoms with E-state index in [2.05, 4.69) is 16.0 Å². The summed E-state index contributed by atoms with van der Waals surface area (Å²) in [5.41, 5.74) is -1.56. The van der Waals surface area contributed by atoms with Crippen LogP contribution >= 0.6 is 11.6 Å². The first-order valence-corrected chi connectivity index (χ1v) is 37.6. The highest BCUT2D eigenvalue weighted by molar-refractivity contribution is 6.21. The highest BCUT2D eigenvalue weighted by Crippen LogP contribution is 2.44. The van der Waals surface area contributed by atoms with Crippen molar-refractivity contribution in [1.82, 2.24) is 60.0 Å². The van der Waals surface area contributed by atoms with E-state index < -0.39 is 168 Å². The minimum absolute atomic E-state index is 0.00115. The maximum atomic E-state index is 15.5. The van der Waals surface area contributed by atoms with Crippen molar-refractivity contribution in [2.45, 2.75) is 260 Å². The predicted octanol–water partition coefficient (Wildman–Crippen LogP) is 6.09. The van der Waals surface area contributed by atoms with Crippen LogP contribution in [0.2, 0.25) is 0 Å². The van der Waals surface area contributed by atoms with E-state index in [4.69, 9.17) is 11.6 Å². The zero-order chi connectivity index (χ0) is 73.7. The number of halogens is 4. The zero-order valence-electron chi connectivity index (χ0n) is 61.4. The first-order valence-electron chi connectivity index (χ1n) is 37.1. The van der Waals surface area contributed by atoms with Crippen LogP contribution in [0.4, 0.5) is 13.2 Å². The van der Waals surface area contributed by atoms with Crippen molar-refractivity contribution in [2.75, 3.05) is 88.6 Å². The first kappa shape index (κ1) is 81.0. The lowest BCUT2D eigenvalue weighted by Crippen LogP contribution is -2.65. The molecule has 28 heteroatoms. The molecule has 10 atom stereocenters. The van der Waals surface area contributed by atoms with Crippen molar-refractivity contribution in [3.8, 4) is 0 Å². The third kappa shape index (κ3) is 20.8. The topological polar surface area (TPSA) is 270 Å². The van der Waals surface area contributed by atoms with E-state index >= 15 is 24.0 Å². The Labute approximate surface area is 595 Å². The zero-order valence-corrected chi connectivity index (χ0v) is 62.1. The van der Waals surface area contributed by atoms with Crippen molar-refractivity contribution < 1.29 is 70.7 Å². The fraction of sp³-hybridized carbons (Fsp3) is 0.833. The number of piperidine rings is 1. The number of likely N-dealkylation sites (N-methyl/N-ethyl adjacent to an activating group) is 7. The molecule has 3 unspecified atom stereocenters. The van der Waals surface area contributed by atoms with Crippen LogP contribution in [0.1, 0.15) is 201 Å². The van der Waals surface area contributed by atoms with E-state index in [9.17, 15) is 46.7 Å². The molecule has 3 N–H and O–H groups in total. The number of amides is 12. The Morgan fingerprint density at radius 2 is 1.12 bits per heavy atom. The lowest BCUT2D eigenvalue weighted by molar-refractivity contribution is -0.182. The van der Waals surface area contributed by atoms with Crippen molar-refractivity contribution in [3.63, 3.8) is 0 Å². The van der Waals surface area contributed by atoms with Gasteiger partial charge in [-0.25, -0.2) is 0 Å². The minimum Gasteiger partial charge on any atom is -0.343 e. The Morgan fingerprint density at radius 3 is 1.72 bits per heavy atom. The van der Waals surface area contributed by atoms with Crippen LogP contribution in [-0.4, -0.2) is 263 Å². The van der Waals surface area contributed by atoms with Crippen LogP contribution in [0.25, 0.3) is 0 Å². The molecule has 7 aliphatic rings. The van der Waals surface area contributed by atoms with Gasteiger partial charge in [0.1, 0.15) is 47.8 Å². The highest BCUT2D eigenvalue weighted by Gasteiger charge is 2.52. The van der Waals surface area contributed by atoms with Gasteiger partial charge in [-0.2, -0.15) is 13.2 Å². The molecule has 564 valence electrons. The Bertz CT molecular complexity index is 2900. The molecule has 24 nitrogen and oxygen atoms in total. The Morgan fingerprint density at radius 1 is 0.540 bits per heavy atom. The molecule has 7 rings (SSSR count). The first-order chi connectivity index (χ1) is 47.1. The monoisotopic (exact) mass is 1430 g/mol. The Balaban J connectivity index is 1.26. The summed E-state index contributed by atoms with van der Waals surface area (Å²) in [4.78, 5) is 190. The molecule has 12 amide bonds. The summed E-state index contributed by atoms with van der Waals surface area (Å²) in [5.74, 6) is -10.2. The van der Waals surface area contributed by atoms with Crippen LogP contribution in [-0.2, 0) is 57.5 Å². The van der Waals surface area contributed by atoms with Gasteiger partial charge in [0.2, 0.25) is 70.9 Å². The third-order valence-electron chi connectivity index (χ3n) is 22.9. The average Bonchev–Trinajstić information content (AvgIpc) is 1.46. The van der Waals surface area contributed by atoms with Crippen LogP contribution in [0.15, 0.2) is 0 Å². The number of hydrogen-bond donors (Lipinski definition) is 3. The summed E-state index contributed by atoms with van der Waals surface area (Å²) in [6, 6.07) is -8.54. The second kappa shape index (κ2) is 36.2. The highest BCUT2D eigenvalue weighted by atomic mass is 35.5. The van der Waals surface area contributed by atoms with Gasteiger partial charge in [-0.05, 0) is 126 Å². The summed E-state index contributed by atoms with van der Waals surface area (Å²) in [7, 11) is 10.0. The normalized spacial score (nSPS) is 29.7. The Kier molecular flexibility index (Phi) is 29.4. The summed E-state index contributed by atoms with van der Waals surface area (Å²) in [6.07, 6.45) is 7.65. The molecule has 0 aromatic carbocycles. The SMILES string of the molecule is CC(C)C[C@H]1C(=O)N[C@@H](CC2CCCC2)C(=O)N(C)CC(=O)N(C)CC(=O)N(C)[C@@H](CC2CCCCC2)C(=O)N(C)CC(=O)N[C@@H](CCC2CCC(C(F)(F)F)C(Cl)C2)C(=O)N2CCC[C@H]2C(=O)NC2(CCCC2)C(=O)N(C)[C@@H](C(C)C)C(=O)N(C)[C@H](C(=O)N2CCCCC2)CC(=O)N1C. The van der Waals surface area contributed by atoms with Gasteiger partial charge >= 0.3 is 6.18 Å². The number of carbonyl (C=O) groups excluding carboxylic acids is 12. The van der Waals surface area contributed by atoms with E-state index in [1.54, 1.807) is 18.7 Å². The van der Waals surface area contributed by atoms with Gasteiger partial charge in [0.15, 0.2) is 0 Å². The molecule has 0 bridgehead atoms. The lowest BCUT2D eigenvalue weighted by atomic mass is 9.78. The van der Waals surface area contributed by atoms with E-state index in [-0.39, 0.29) is 101 Å². The molecule has 3 aliphatic heterocycles. The summed E-state index contributed by atoms with van der Waals surface area (Å²) in [5, 5.41) is 7.64. The molecule has 100 heavy (non-hydrogen) atoms. The van der Waals surface area contributed by atoms with Crippen molar-refractivity contribution >= 4 is 82.5 Å². The molecule has 7 fully saturated rings. The largest absolute Gasteiger partial charge is 0.393 e. The number of hydrogen-bond acceptors (Lipinski definition) is 12. The number of likely N-dealkylation sites (tertiary alicyclic amines) is 1. The van der Waals surface area contributed by atoms with Gasteiger partial charge < -0.3 is 60.0 Å². The van der Waals surface area contributed by atoms with E-state index in [0.29, 0.717) is 45.2 Å². The smallest absolute Gasteiger partial charge is 0.343 e. The van der Waals surface area contributed by atoms with Gasteiger partial charge in [-0.1, -0.05) is 98.3 Å². The average molecular weight is 1430 g/mol. The second-order valence-electron chi connectivity index (χ2n) is 31.2. The quantitative estimate of drug-likeness (QED) is 0.198. The van der Waals surface area contributed by atoms with Crippen molar-refractivity contribution in [1.29, 1.82) is 0 Å². The molecule has 0 aromatic rings. The van der Waals surface area contributed by atoms with Gasteiger partial charge in [-0.3, -0.25) is 57.5 Å². The predicted molar refractivity (Wildman–Crippen MR) is 370 cm³/mol. The molecule has 4 saturated carbocycles. The molecular weight excluding hydrogens is 1320 g/mol. The van der Waals surface area contributed by atoms with Gasteiger partial charge in [0, 0.05) is 74.3 Å². The van der Waals surface area contributed by atoms with Crippen LogP contribution < -0.4 is 16.0 Å². The number of nitrogens with zero attached hydrogens (tertiary/aromatic N) is 9. The van der Waals surface area contributed by atoms with Gasteiger partial charge in [-0.15, -0.1) is 11.6 Å². The van der Waals surface area contributed by atoms with Gasteiger partial charge in [0.05, 0.1) is 32.0 Å². The Hall–Kier alpha value is -6.28. The van der Waals surface area contributed by atoms with Gasteiger partial charge in [0.25, 0.3) is 0 Å². The van der Waals surface area contributed by atoms with E-state index in [1.165, 1.54) is 78.7 Å². The molecule has 3 heterocycles. The van der Waals surface area contributed by atoms with Crippen LogP contribution in [0.3, 0.4) is 0 Å². The van der Waals surface area contributed by atoms with E-state index in [0.717, 1.165) is 74.0 Å². The summed E-state index contributed by atoms with van der Waals surface area (Å²) >= 11 is 6.40. The van der Waals surface area contributed by atoms with Crippen molar-refractivity contribution in [3.05, 3.63) is 0 Å². The molecule has 0 radical (unpaired) electrons. The summed E-state index contributed by atoms with van der Waals surface area (Å²) in [6.45, 7) is 6.49. The molecule has 1 spiro atoms. The number of nitrogens with one attached hydrogen (secondary N) is 3. The van der Waals surface area contributed by atoms with Crippen LogP contribution in [0, 0.1) is 35.5 Å². The number of carbonyl (C=O) groups is 12. The minimum atomic E-state index is -4.51. The fourth-order valence-electron chi connectivity index (χ4n) is 16.8. The number of alkyl halides is 4. The fourth-order valence-corrected chi connectivity index (χ4v) is 17.3. The number of rotatable bonds is 11. The molecular formula is C72H116ClF3N12O12. The number of fused-ring (bicyclic) bond motifs is 1. The maximum absolute atomic E-state index is 15.5. The van der Waals surface area contributed by atoms with Crippen molar-refractivity contribution in [2.24, 2.45) is 35.5 Å². The third-order valence-corrected chi connectivity index (χ3v) is 23.4. The molecule has 0 aromatic heterocycles. The molecule has 3 saturated heterocycles. The molecule has 4 aliphatic carbocycles. The van der Waals surface area contributed by atoms with E-state index in [1.807, 2.05) is 13.8 Å². The van der Waals surface area contributed by atoms with Crippen LogP contribution in [0.5, 0.6) is 0 Å². The summed E-state index contributed by atoms with van der Waals surface area (Å²) < 4.78 is 42.0. The second-order valence-corrected chi connectivity index (χ2v) is 31.7. The lowest BCUT2D eigenvalue weighted by Gasteiger charge is -2.42. The maximum Gasteiger partial charge on any atom is 0.393 e.